The zero-order chi connectivity index (χ0) is 17.8. The summed E-state index contributed by atoms with van der Waals surface area (Å²) in [6.45, 7) is -0.318. The second kappa shape index (κ2) is 7.55. The molecule has 0 aliphatic heterocycles. The van der Waals surface area contributed by atoms with Gasteiger partial charge in [0.25, 0.3) is 0 Å². The van der Waals surface area contributed by atoms with Crippen molar-refractivity contribution >= 4 is 34.6 Å². The highest BCUT2D eigenvalue weighted by atomic mass is 35.5. The van der Waals surface area contributed by atoms with Gasteiger partial charge in [-0.15, -0.1) is 11.3 Å². The quantitative estimate of drug-likeness (QED) is 0.514. The van der Waals surface area contributed by atoms with Crippen molar-refractivity contribution in [2.75, 3.05) is 6.61 Å². The average Bonchev–Trinajstić information content (AvgIpc) is 3.10. The third-order valence-electron chi connectivity index (χ3n) is 3.35. The predicted molar refractivity (Wildman–Crippen MR) is 96.1 cm³/mol. The topological polar surface area (TPSA) is 63.0 Å². The predicted octanol–water partition coefficient (Wildman–Crippen LogP) is 4.83. The lowest BCUT2D eigenvalue weighted by Crippen LogP contribution is -2.16. The molecule has 2 aromatic carbocycles. The monoisotopic (exact) mass is 374 g/mol. The van der Waals surface area contributed by atoms with E-state index in [4.69, 9.17) is 21.7 Å². The van der Waals surface area contributed by atoms with Crippen molar-refractivity contribution in [3.05, 3.63) is 76.0 Å². The molecule has 4 nitrogen and oxygen atoms in total. The molecule has 0 bridgehead atoms. The maximum Gasteiger partial charge on any atom is 0.343 e. The van der Waals surface area contributed by atoms with Crippen LogP contribution in [-0.4, -0.2) is 23.3 Å². The minimum Gasteiger partial charge on any atom is -0.455 e. The van der Waals surface area contributed by atoms with E-state index in [0.29, 0.717) is 5.69 Å². The van der Waals surface area contributed by atoms with Crippen LogP contribution in [0.2, 0.25) is 5.02 Å². The van der Waals surface area contributed by atoms with E-state index in [1.165, 1.54) is 23.5 Å². The van der Waals surface area contributed by atoms with Crippen LogP contribution < -0.4 is 0 Å². The number of hydrogen-bond donors (Lipinski definition) is 1. The van der Waals surface area contributed by atoms with Gasteiger partial charge in [0.1, 0.15) is 23.0 Å². The van der Waals surface area contributed by atoms with Crippen LogP contribution in [0.25, 0.3) is 10.6 Å². The van der Waals surface area contributed by atoms with E-state index in [-0.39, 0.29) is 22.9 Å². The molecular formula is C18H12ClFN2O2S. The third-order valence-corrected chi connectivity index (χ3v) is 4.55. The summed E-state index contributed by atoms with van der Waals surface area (Å²) in [5.74, 6) is -1.67. The summed E-state index contributed by atoms with van der Waals surface area (Å²) in [5.41, 5.74) is 1.05. The summed E-state index contributed by atoms with van der Waals surface area (Å²) in [4.78, 5) is 16.4. The van der Waals surface area contributed by atoms with Crippen molar-refractivity contribution in [1.82, 2.24) is 4.98 Å². The van der Waals surface area contributed by atoms with Crippen LogP contribution in [0.15, 0.2) is 53.9 Å². The number of nitrogens with one attached hydrogen (secondary N) is 1. The number of nitrogens with zero attached hydrogens (tertiary/aromatic N) is 1. The van der Waals surface area contributed by atoms with Crippen LogP contribution in [0.5, 0.6) is 0 Å². The molecule has 126 valence electrons. The molecule has 0 saturated carbocycles. The minimum absolute atomic E-state index is 0.0271. The Morgan fingerprint density at radius 3 is 2.68 bits per heavy atom. The van der Waals surface area contributed by atoms with Crippen molar-refractivity contribution in [3.63, 3.8) is 0 Å². The second-order valence-corrected chi connectivity index (χ2v) is 6.32. The Labute approximate surface area is 152 Å². The maximum absolute atomic E-state index is 13.7. The van der Waals surface area contributed by atoms with Gasteiger partial charge >= 0.3 is 5.97 Å². The Morgan fingerprint density at radius 1 is 1.20 bits per heavy atom. The molecule has 0 amide bonds. The zero-order valence-electron chi connectivity index (χ0n) is 12.8. The molecule has 0 aliphatic carbocycles. The first kappa shape index (κ1) is 17.3. The number of carbonyl (C=O) groups is 1. The number of thiazole rings is 1. The molecule has 0 fully saturated rings. The van der Waals surface area contributed by atoms with Gasteiger partial charge in [0.15, 0.2) is 0 Å². The van der Waals surface area contributed by atoms with Crippen LogP contribution in [0.4, 0.5) is 4.39 Å². The van der Waals surface area contributed by atoms with Crippen LogP contribution >= 0.6 is 22.9 Å². The molecule has 0 aliphatic rings. The fraction of sp³-hybridized carbons (Fsp3) is 0.0556. The van der Waals surface area contributed by atoms with Crippen LogP contribution in [-0.2, 0) is 4.74 Å². The molecule has 0 spiro atoms. The van der Waals surface area contributed by atoms with Gasteiger partial charge in [-0.2, -0.15) is 0 Å². The van der Waals surface area contributed by atoms with Gasteiger partial charge in [-0.05, 0) is 12.1 Å². The van der Waals surface area contributed by atoms with E-state index in [1.807, 2.05) is 30.3 Å². The first-order chi connectivity index (χ1) is 12.1. The summed E-state index contributed by atoms with van der Waals surface area (Å²) >= 11 is 7.22. The Hall–Kier alpha value is -2.57. The molecule has 1 N–H and O–H groups in total. The third kappa shape index (κ3) is 3.92. The fourth-order valence-corrected chi connectivity index (χ4v) is 3.18. The summed E-state index contributed by atoms with van der Waals surface area (Å²) < 4.78 is 18.7. The lowest BCUT2D eigenvalue weighted by molar-refractivity contribution is 0.0558. The van der Waals surface area contributed by atoms with Crippen LogP contribution in [0.3, 0.4) is 0 Å². The van der Waals surface area contributed by atoms with Gasteiger partial charge in [-0.1, -0.05) is 48.0 Å². The number of aromatic nitrogens is 1. The summed E-state index contributed by atoms with van der Waals surface area (Å²) in [5, 5.41) is 10.5. The number of rotatable bonds is 5. The van der Waals surface area contributed by atoms with E-state index < -0.39 is 11.8 Å². The van der Waals surface area contributed by atoms with E-state index in [0.717, 1.165) is 16.6 Å². The molecule has 25 heavy (non-hydrogen) atoms. The van der Waals surface area contributed by atoms with E-state index in [1.54, 1.807) is 5.38 Å². The Morgan fingerprint density at radius 2 is 1.96 bits per heavy atom. The number of hydrogen-bond acceptors (Lipinski definition) is 5. The first-order valence-electron chi connectivity index (χ1n) is 7.26. The molecule has 3 aromatic rings. The average molecular weight is 375 g/mol. The fourth-order valence-electron chi connectivity index (χ4n) is 2.10. The summed E-state index contributed by atoms with van der Waals surface area (Å²) in [7, 11) is 0. The zero-order valence-corrected chi connectivity index (χ0v) is 14.4. The highest BCUT2D eigenvalue weighted by Gasteiger charge is 2.18. The largest absolute Gasteiger partial charge is 0.455 e. The van der Waals surface area contributed by atoms with Crippen LogP contribution in [0, 0.1) is 11.2 Å². The van der Waals surface area contributed by atoms with Crippen molar-refractivity contribution in [3.8, 4) is 10.6 Å². The van der Waals surface area contributed by atoms with Gasteiger partial charge < -0.3 is 4.74 Å². The minimum atomic E-state index is -0.911. The molecule has 1 heterocycles. The van der Waals surface area contributed by atoms with Gasteiger partial charge in [0.05, 0.1) is 16.4 Å². The van der Waals surface area contributed by atoms with Crippen molar-refractivity contribution in [2.45, 2.75) is 0 Å². The number of esters is 1. The molecule has 7 heteroatoms. The molecule has 0 atom stereocenters. The number of benzene rings is 2. The standard InChI is InChI=1S/C18H12ClFN2O2S/c19-12-7-4-8-13(20)16(12)18(23)24-9-14(21)15-10-25-17(22-15)11-5-2-1-3-6-11/h1-8,10,21H,9H2. The van der Waals surface area contributed by atoms with Gasteiger partial charge in [-0.25, -0.2) is 14.2 Å². The highest BCUT2D eigenvalue weighted by molar-refractivity contribution is 7.13. The molecule has 3 rings (SSSR count). The van der Waals surface area contributed by atoms with Crippen molar-refractivity contribution in [1.29, 1.82) is 5.41 Å². The van der Waals surface area contributed by atoms with E-state index in [9.17, 15) is 9.18 Å². The maximum atomic E-state index is 13.7. The Bertz CT molecular complexity index is 908. The lowest BCUT2D eigenvalue weighted by atomic mass is 10.2. The van der Waals surface area contributed by atoms with Gasteiger partial charge in [0, 0.05) is 10.9 Å². The summed E-state index contributed by atoms with van der Waals surface area (Å²) in [6, 6.07) is 13.5. The Balaban J connectivity index is 1.67. The molecule has 0 saturated heterocycles. The number of carbonyl (C=O) groups excluding carboxylic acids is 1. The smallest absolute Gasteiger partial charge is 0.343 e. The molecular weight excluding hydrogens is 363 g/mol. The number of ether oxygens (including phenoxy) is 1. The van der Waals surface area contributed by atoms with Crippen LogP contribution in [0.1, 0.15) is 16.1 Å². The van der Waals surface area contributed by atoms with E-state index >= 15 is 0 Å². The Kier molecular flexibility index (Phi) is 5.21. The SMILES string of the molecule is N=C(COC(=O)c1c(F)cccc1Cl)c1csc(-c2ccccc2)n1. The van der Waals surface area contributed by atoms with Crippen molar-refractivity contribution < 1.29 is 13.9 Å². The number of halogens is 2. The van der Waals surface area contributed by atoms with Gasteiger partial charge in [-0.3, -0.25) is 5.41 Å². The second-order valence-electron chi connectivity index (χ2n) is 5.06. The summed E-state index contributed by atoms with van der Waals surface area (Å²) in [6.07, 6.45) is 0. The van der Waals surface area contributed by atoms with E-state index in [2.05, 4.69) is 4.98 Å². The lowest BCUT2D eigenvalue weighted by Gasteiger charge is -2.07. The molecule has 1 aromatic heterocycles. The first-order valence-corrected chi connectivity index (χ1v) is 8.52. The highest BCUT2D eigenvalue weighted by Crippen LogP contribution is 2.24. The van der Waals surface area contributed by atoms with Gasteiger partial charge in [0.2, 0.25) is 0 Å². The van der Waals surface area contributed by atoms with Crippen molar-refractivity contribution in [2.24, 2.45) is 0 Å². The normalized spacial score (nSPS) is 10.5. The molecule has 0 unspecified atom stereocenters. The molecule has 0 radical (unpaired) electrons.